The van der Waals surface area contributed by atoms with Crippen molar-refractivity contribution >= 4 is 23.3 Å². The molecule has 0 aliphatic rings. The van der Waals surface area contributed by atoms with Gasteiger partial charge in [0.1, 0.15) is 5.82 Å². The van der Waals surface area contributed by atoms with E-state index in [1.54, 1.807) is 35.4 Å². The third-order valence-corrected chi connectivity index (χ3v) is 3.36. The molecule has 88 valence electrons. The van der Waals surface area contributed by atoms with Crippen LogP contribution in [0, 0.1) is 5.82 Å². The lowest BCUT2D eigenvalue weighted by Gasteiger charge is -2.20. The summed E-state index contributed by atoms with van der Waals surface area (Å²) in [5.74, 6) is -0.367. The molecule has 0 aliphatic heterocycles. The predicted molar refractivity (Wildman–Crippen MR) is 68.2 cm³/mol. The summed E-state index contributed by atoms with van der Waals surface area (Å²) in [4.78, 5) is 13.8. The van der Waals surface area contributed by atoms with E-state index in [4.69, 9.17) is 0 Å². The number of halogens is 1. The number of nitrogens with zero attached hydrogens (tertiary/aromatic N) is 1. The van der Waals surface area contributed by atoms with Crippen molar-refractivity contribution in [1.82, 2.24) is 0 Å². The van der Waals surface area contributed by atoms with E-state index in [-0.39, 0.29) is 5.82 Å². The molecule has 2 nitrogen and oxygen atoms in total. The van der Waals surface area contributed by atoms with Crippen LogP contribution in [0.25, 0.3) is 0 Å². The van der Waals surface area contributed by atoms with Gasteiger partial charge in [0.25, 0.3) is 0 Å². The highest BCUT2D eigenvalue weighted by Gasteiger charge is 2.13. The van der Waals surface area contributed by atoms with Crippen LogP contribution < -0.4 is 4.90 Å². The zero-order chi connectivity index (χ0) is 12.3. The number of para-hydroxylation sites is 1. The van der Waals surface area contributed by atoms with Crippen molar-refractivity contribution in [3.63, 3.8) is 0 Å². The maximum absolute atomic E-state index is 13.7. The number of rotatable bonds is 4. The van der Waals surface area contributed by atoms with Crippen LogP contribution in [0.15, 0.2) is 35.7 Å². The lowest BCUT2D eigenvalue weighted by atomic mass is 10.1. The van der Waals surface area contributed by atoms with Gasteiger partial charge in [0.05, 0.1) is 12.2 Å². The normalized spacial score (nSPS) is 10.2. The average molecular weight is 249 g/mol. The Morgan fingerprint density at radius 1 is 1.35 bits per heavy atom. The van der Waals surface area contributed by atoms with E-state index >= 15 is 0 Å². The largest absolute Gasteiger partial charge is 0.367 e. The standard InChI is InChI=1S/C13H12FNOS/c1-15(8-11-5-3-7-17-11)13-10(9-16)4-2-6-12(13)14/h2-7,9H,8H2,1H3. The Hall–Kier alpha value is -1.68. The van der Waals surface area contributed by atoms with Gasteiger partial charge in [-0.05, 0) is 23.6 Å². The van der Waals surface area contributed by atoms with Gasteiger partial charge in [-0.1, -0.05) is 12.1 Å². The number of anilines is 1. The molecule has 1 aromatic carbocycles. The number of hydrogen-bond acceptors (Lipinski definition) is 3. The highest BCUT2D eigenvalue weighted by Crippen LogP contribution is 2.24. The van der Waals surface area contributed by atoms with Crippen LogP contribution in [0.3, 0.4) is 0 Å². The van der Waals surface area contributed by atoms with Crippen molar-refractivity contribution in [1.29, 1.82) is 0 Å². The highest BCUT2D eigenvalue weighted by atomic mass is 32.1. The molecule has 0 atom stereocenters. The predicted octanol–water partition coefficient (Wildman–Crippen LogP) is 3.34. The van der Waals surface area contributed by atoms with Gasteiger partial charge < -0.3 is 4.90 Å². The number of benzene rings is 1. The molecule has 4 heteroatoms. The average Bonchev–Trinajstić information content (AvgIpc) is 2.81. The van der Waals surface area contributed by atoms with Crippen molar-refractivity contribution in [2.75, 3.05) is 11.9 Å². The molecule has 0 amide bonds. The van der Waals surface area contributed by atoms with Gasteiger partial charge in [-0.25, -0.2) is 4.39 Å². The van der Waals surface area contributed by atoms with E-state index < -0.39 is 0 Å². The van der Waals surface area contributed by atoms with E-state index in [0.717, 1.165) is 4.88 Å². The Balaban J connectivity index is 2.30. The van der Waals surface area contributed by atoms with E-state index in [1.807, 2.05) is 17.5 Å². The summed E-state index contributed by atoms with van der Waals surface area (Å²) in [6.07, 6.45) is 0.684. The van der Waals surface area contributed by atoms with Crippen LogP contribution >= 0.6 is 11.3 Å². The first-order chi connectivity index (χ1) is 8.22. The summed E-state index contributed by atoms with van der Waals surface area (Å²) in [5, 5.41) is 1.98. The first-order valence-electron chi connectivity index (χ1n) is 5.19. The maximum Gasteiger partial charge on any atom is 0.152 e. The molecule has 0 aliphatic carbocycles. The minimum atomic E-state index is -0.367. The van der Waals surface area contributed by atoms with Crippen molar-refractivity contribution in [2.24, 2.45) is 0 Å². The number of carbonyl (C=O) groups excluding carboxylic acids is 1. The lowest BCUT2D eigenvalue weighted by molar-refractivity contribution is 0.112. The molecule has 0 fully saturated rings. The van der Waals surface area contributed by atoms with E-state index in [0.29, 0.717) is 24.1 Å². The Kier molecular flexibility index (Phi) is 3.54. The topological polar surface area (TPSA) is 20.3 Å². The smallest absolute Gasteiger partial charge is 0.152 e. The number of aldehydes is 1. The number of carbonyl (C=O) groups is 1. The second-order valence-corrected chi connectivity index (χ2v) is 4.76. The molecule has 1 heterocycles. The Morgan fingerprint density at radius 2 is 2.18 bits per heavy atom. The van der Waals surface area contributed by atoms with Crippen LogP contribution in [0.4, 0.5) is 10.1 Å². The van der Waals surface area contributed by atoms with Gasteiger partial charge in [-0.3, -0.25) is 4.79 Å². The molecule has 17 heavy (non-hydrogen) atoms. The minimum Gasteiger partial charge on any atom is -0.367 e. The second kappa shape index (κ2) is 5.10. The molecule has 1 aromatic heterocycles. The Morgan fingerprint density at radius 3 is 2.82 bits per heavy atom. The first kappa shape index (κ1) is 11.8. The van der Waals surface area contributed by atoms with E-state index in [1.165, 1.54) is 6.07 Å². The highest BCUT2D eigenvalue weighted by molar-refractivity contribution is 7.09. The summed E-state index contributed by atoms with van der Waals surface area (Å²) < 4.78 is 13.7. The Labute approximate surface area is 103 Å². The van der Waals surface area contributed by atoms with Gasteiger partial charge in [0.15, 0.2) is 6.29 Å². The van der Waals surface area contributed by atoms with Gasteiger partial charge in [0, 0.05) is 17.5 Å². The molecule has 0 saturated carbocycles. The fourth-order valence-corrected chi connectivity index (χ4v) is 2.50. The molecule has 0 radical (unpaired) electrons. The van der Waals surface area contributed by atoms with Crippen molar-refractivity contribution < 1.29 is 9.18 Å². The minimum absolute atomic E-state index is 0.357. The molecule has 0 unspecified atom stereocenters. The van der Waals surface area contributed by atoms with Gasteiger partial charge >= 0.3 is 0 Å². The van der Waals surface area contributed by atoms with E-state index in [9.17, 15) is 9.18 Å². The summed E-state index contributed by atoms with van der Waals surface area (Å²) in [6, 6.07) is 8.48. The van der Waals surface area contributed by atoms with E-state index in [2.05, 4.69) is 0 Å². The van der Waals surface area contributed by atoms with Crippen LogP contribution in [0.1, 0.15) is 15.2 Å². The second-order valence-electron chi connectivity index (χ2n) is 3.73. The summed E-state index contributed by atoms with van der Waals surface area (Å²) in [6.45, 7) is 0.597. The van der Waals surface area contributed by atoms with Crippen LogP contribution in [-0.2, 0) is 6.54 Å². The molecule has 0 spiro atoms. The van der Waals surface area contributed by atoms with Crippen LogP contribution in [-0.4, -0.2) is 13.3 Å². The number of thiophene rings is 1. The first-order valence-corrected chi connectivity index (χ1v) is 6.07. The van der Waals surface area contributed by atoms with Crippen molar-refractivity contribution in [3.05, 3.63) is 52.0 Å². The van der Waals surface area contributed by atoms with Crippen LogP contribution in [0.5, 0.6) is 0 Å². The fourth-order valence-electron chi connectivity index (χ4n) is 1.75. The molecule has 0 bridgehead atoms. The third kappa shape index (κ3) is 2.53. The van der Waals surface area contributed by atoms with Gasteiger partial charge in [-0.15, -0.1) is 11.3 Å². The van der Waals surface area contributed by atoms with Gasteiger partial charge in [-0.2, -0.15) is 0 Å². The molecule has 0 N–H and O–H groups in total. The molecular formula is C13H12FNOS. The quantitative estimate of drug-likeness (QED) is 0.775. The summed E-state index contributed by atoms with van der Waals surface area (Å²) in [7, 11) is 1.78. The maximum atomic E-state index is 13.7. The van der Waals surface area contributed by atoms with Crippen molar-refractivity contribution in [3.8, 4) is 0 Å². The molecule has 0 saturated heterocycles. The van der Waals surface area contributed by atoms with Gasteiger partial charge in [0.2, 0.25) is 0 Å². The molecule has 2 rings (SSSR count). The number of hydrogen-bond donors (Lipinski definition) is 0. The summed E-state index contributed by atoms with van der Waals surface area (Å²) in [5.41, 5.74) is 0.736. The molecule has 2 aromatic rings. The summed E-state index contributed by atoms with van der Waals surface area (Å²) >= 11 is 1.61. The SMILES string of the molecule is CN(Cc1cccs1)c1c(F)cccc1C=O. The van der Waals surface area contributed by atoms with Crippen LogP contribution in [0.2, 0.25) is 0 Å². The Bertz CT molecular complexity index is 510. The zero-order valence-electron chi connectivity index (χ0n) is 9.39. The van der Waals surface area contributed by atoms with Crippen molar-refractivity contribution in [2.45, 2.75) is 6.54 Å². The third-order valence-electron chi connectivity index (χ3n) is 2.50. The molecular weight excluding hydrogens is 237 g/mol. The lowest BCUT2D eigenvalue weighted by Crippen LogP contribution is -2.18. The monoisotopic (exact) mass is 249 g/mol. The zero-order valence-corrected chi connectivity index (χ0v) is 10.2. The fraction of sp³-hybridized carbons (Fsp3) is 0.154.